The van der Waals surface area contributed by atoms with Gasteiger partial charge in [0.15, 0.2) is 5.76 Å². The van der Waals surface area contributed by atoms with E-state index >= 15 is 0 Å². The highest BCUT2D eigenvalue weighted by Gasteiger charge is 2.07. The van der Waals surface area contributed by atoms with Crippen molar-refractivity contribution in [2.75, 3.05) is 20.3 Å². The largest absolute Gasteiger partial charge is 0.459 e. The van der Waals surface area contributed by atoms with Gasteiger partial charge in [-0.1, -0.05) is 0 Å². The van der Waals surface area contributed by atoms with Gasteiger partial charge in [-0.15, -0.1) is 0 Å². The average Bonchev–Trinajstić information content (AvgIpc) is 2.52. The van der Waals surface area contributed by atoms with Gasteiger partial charge in [-0.2, -0.15) is 0 Å². The highest BCUT2D eigenvalue weighted by Crippen LogP contribution is 2.05. The number of rotatable bonds is 4. The molecule has 0 aliphatic heterocycles. The smallest absolute Gasteiger partial charge is 0.287 e. The molecule has 72 valence electrons. The van der Waals surface area contributed by atoms with Crippen LogP contribution in [0.2, 0.25) is 0 Å². The van der Waals surface area contributed by atoms with Crippen LogP contribution < -0.4 is 5.32 Å². The van der Waals surface area contributed by atoms with Crippen LogP contribution in [-0.2, 0) is 4.74 Å². The number of ether oxygens (including phenoxy) is 1. The summed E-state index contributed by atoms with van der Waals surface area (Å²) in [7, 11) is 1.59. The molecule has 0 aliphatic rings. The van der Waals surface area contributed by atoms with Gasteiger partial charge >= 0.3 is 0 Å². The number of carbonyl (C=O) groups excluding carboxylic acids is 1. The SMILES string of the molecule is COCCNC(=O)c1cc(C)co1. The van der Waals surface area contributed by atoms with Gasteiger partial charge in [0.05, 0.1) is 12.9 Å². The van der Waals surface area contributed by atoms with Gasteiger partial charge in [-0.05, 0) is 18.6 Å². The first-order valence-electron chi connectivity index (χ1n) is 4.06. The van der Waals surface area contributed by atoms with Crippen molar-refractivity contribution in [1.29, 1.82) is 0 Å². The summed E-state index contributed by atoms with van der Waals surface area (Å²) in [5, 5.41) is 2.66. The lowest BCUT2D eigenvalue weighted by atomic mass is 10.3. The first-order valence-corrected chi connectivity index (χ1v) is 4.06. The fraction of sp³-hybridized carbons (Fsp3) is 0.444. The number of hydrogen-bond acceptors (Lipinski definition) is 3. The number of methoxy groups -OCH3 is 1. The van der Waals surface area contributed by atoms with Crippen LogP contribution in [0.15, 0.2) is 16.7 Å². The molecule has 0 saturated heterocycles. The van der Waals surface area contributed by atoms with Crippen molar-refractivity contribution >= 4 is 5.91 Å². The van der Waals surface area contributed by atoms with Crippen LogP contribution in [-0.4, -0.2) is 26.2 Å². The average molecular weight is 183 g/mol. The lowest BCUT2D eigenvalue weighted by Crippen LogP contribution is -2.26. The number of amides is 1. The summed E-state index contributed by atoms with van der Waals surface area (Å²) in [6, 6.07) is 1.70. The normalized spacial score (nSPS) is 10.0. The molecule has 0 spiro atoms. The number of hydrogen-bond donors (Lipinski definition) is 1. The molecule has 1 rings (SSSR count). The van der Waals surface area contributed by atoms with Crippen molar-refractivity contribution < 1.29 is 13.9 Å². The van der Waals surface area contributed by atoms with Gasteiger partial charge in [-0.3, -0.25) is 4.79 Å². The zero-order valence-corrected chi connectivity index (χ0v) is 7.79. The van der Waals surface area contributed by atoms with Crippen LogP contribution in [0.4, 0.5) is 0 Å². The monoisotopic (exact) mass is 183 g/mol. The molecular formula is C9H13NO3. The summed E-state index contributed by atoms with van der Waals surface area (Å²) in [5.74, 6) is 0.138. The summed E-state index contributed by atoms with van der Waals surface area (Å²) in [6.45, 7) is 2.87. The number of furan rings is 1. The molecule has 0 fully saturated rings. The zero-order chi connectivity index (χ0) is 9.68. The summed E-state index contributed by atoms with van der Waals surface area (Å²) < 4.78 is 9.79. The molecule has 13 heavy (non-hydrogen) atoms. The second kappa shape index (κ2) is 4.67. The Kier molecular flexibility index (Phi) is 3.52. The van der Waals surface area contributed by atoms with E-state index in [-0.39, 0.29) is 5.91 Å². The Morgan fingerprint density at radius 3 is 3.00 bits per heavy atom. The summed E-state index contributed by atoms with van der Waals surface area (Å²) >= 11 is 0. The van der Waals surface area contributed by atoms with Crippen molar-refractivity contribution in [3.8, 4) is 0 Å². The maximum Gasteiger partial charge on any atom is 0.287 e. The van der Waals surface area contributed by atoms with E-state index in [1.807, 2.05) is 6.92 Å². The second-order valence-corrected chi connectivity index (χ2v) is 2.74. The molecule has 4 heteroatoms. The maximum atomic E-state index is 11.3. The van der Waals surface area contributed by atoms with Gasteiger partial charge in [-0.25, -0.2) is 0 Å². The molecule has 0 saturated carbocycles. The van der Waals surface area contributed by atoms with Gasteiger partial charge in [0.25, 0.3) is 5.91 Å². The molecular weight excluding hydrogens is 170 g/mol. The molecule has 1 aromatic rings. The van der Waals surface area contributed by atoms with E-state index in [0.717, 1.165) is 5.56 Å². The molecule has 0 aromatic carbocycles. The quantitative estimate of drug-likeness (QED) is 0.707. The van der Waals surface area contributed by atoms with Gasteiger partial charge in [0.2, 0.25) is 0 Å². The van der Waals surface area contributed by atoms with Crippen LogP contribution in [0.25, 0.3) is 0 Å². The van der Waals surface area contributed by atoms with E-state index in [4.69, 9.17) is 9.15 Å². The standard InChI is InChI=1S/C9H13NO3/c1-7-5-8(13-6-7)9(11)10-3-4-12-2/h5-6H,3-4H2,1-2H3,(H,10,11). The maximum absolute atomic E-state index is 11.3. The number of nitrogens with one attached hydrogen (secondary N) is 1. The third-order valence-corrected chi connectivity index (χ3v) is 1.55. The molecule has 0 radical (unpaired) electrons. The Hall–Kier alpha value is -1.29. The third kappa shape index (κ3) is 2.91. The minimum atomic E-state index is -0.204. The molecule has 4 nitrogen and oxygen atoms in total. The predicted octanol–water partition coefficient (Wildman–Crippen LogP) is 0.964. The molecule has 0 atom stereocenters. The van der Waals surface area contributed by atoms with Crippen molar-refractivity contribution in [3.63, 3.8) is 0 Å². The van der Waals surface area contributed by atoms with Crippen LogP contribution >= 0.6 is 0 Å². The molecule has 0 unspecified atom stereocenters. The van der Waals surface area contributed by atoms with E-state index < -0.39 is 0 Å². The van der Waals surface area contributed by atoms with E-state index in [9.17, 15) is 4.79 Å². The lowest BCUT2D eigenvalue weighted by Gasteiger charge is -2.00. The van der Waals surface area contributed by atoms with E-state index in [2.05, 4.69) is 5.32 Å². The fourth-order valence-corrected chi connectivity index (χ4v) is 0.904. The summed E-state index contributed by atoms with van der Waals surface area (Å²) in [5.41, 5.74) is 0.942. The molecule has 1 aromatic heterocycles. The Morgan fingerprint density at radius 2 is 2.46 bits per heavy atom. The van der Waals surface area contributed by atoms with E-state index in [1.165, 1.54) is 0 Å². The van der Waals surface area contributed by atoms with Crippen molar-refractivity contribution in [2.45, 2.75) is 6.92 Å². The third-order valence-electron chi connectivity index (χ3n) is 1.55. The summed E-state index contributed by atoms with van der Waals surface area (Å²) in [4.78, 5) is 11.3. The van der Waals surface area contributed by atoms with Crippen molar-refractivity contribution in [2.24, 2.45) is 0 Å². The van der Waals surface area contributed by atoms with Crippen molar-refractivity contribution in [3.05, 3.63) is 23.7 Å². The Balaban J connectivity index is 2.40. The molecule has 1 amide bonds. The zero-order valence-electron chi connectivity index (χ0n) is 7.79. The molecule has 0 aliphatic carbocycles. The van der Waals surface area contributed by atoms with Crippen LogP contribution in [0.3, 0.4) is 0 Å². The van der Waals surface area contributed by atoms with Gasteiger partial charge in [0, 0.05) is 13.7 Å². The minimum absolute atomic E-state index is 0.204. The fourth-order valence-electron chi connectivity index (χ4n) is 0.904. The summed E-state index contributed by atoms with van der Waals surface area (Å²) in [6.07, 6.45) is 1.55. The van der Waals surface area contributed by atoms with Crippen LogP contribution in [0.5, 0.6) is 0 Å². The van der Waals surface area contributed by atoms with Gasteiger partial charge in [0.1, 0.15) is 0 Å². The highest BCUT2D eigenvalue weighted by molar-refractivity contribution is 5.91. The number of aryl methyl sites for hydroxylation is 1. The minimum Gasteiger partial charge on any atom is -0.459 e. The molecule has 0 bridgehead atoms. The molecule has 1 N–H and O–H groups in total. The van der Waals surface area contributed by atoms with Crippen molar-refractivity contribution in [1.82, 2.24) is 5.32 Å². The Bertz CT molecular complexity index is 280. The lowest BCUT2D eigenvalue weighted by molar-refractivity contribution is 0.0909. The van der Waals surface area contributed by atoms with Gasteiger partial charge < -0.3 is 14.5 Å². The first kappa shape index (κ1) is 9.80. The topological polar surface area (TPSA) is 51.5 Å². The van der Waals surface area contributed by atoms with E-state index in [1.54, 1.807) is 19.4 Å². The Morgan fingerprint density at radius 1 is 1.69 bits per heavy atom. The van der Waals surface area contributed by atoms with Crippen LogP contribution in [0.1, 0.15) is 16.1 Å². The Labute approximate surface area is 76.9 Å². The predicted molar refractivity (Wildman–Crippen MR) is 47.7 cm³/mol. The van der Waals surface area contributed by atoms with Crippen LogP contribution in [0, 0.1) is 6.92 Å². The molecule has 1 heterocycles. The number of carbonyl (C=O) groups is 1. The highest BCUT2D eigenvalue weighted by atomic mass is 16.5. The second-order valence-electron chi connectivity index (χ2n) is 2.74. The van der Waals surface area contributed by atoms with E-state index in [0.29, 0.717) is 18.9 Å². The first-order chi connectivity index (χ1) is 6.24.